The maximum absolute atomic E-state index is 13.0. The molecule has 2 N–H and O–H groups in total. The molecule has 1 aromatic heterocycles. The van der Waals surface area contributed by atoms with Gasteiger partial charge in [0.2, 0.25) is 6.30 Å². The summed E-state index contributed by atoms with van der Waals surface area (Å²) >= 11 is 0. The molecule has 0 saturated heterocycles. The molecule has 0 bridgehead atoms. The van der Waals surface area contributed by atoms with Crippen LogP contribution in [0, 0.1) is 0 Å². The Labute approximate surface area is 86.7 Å². The fourth-order valence-corrected chi connectivity index (χ4v) is 1.18. The third kappa shape index (κ3) is 2.00. The third-order valence-corrected chi connectivity index (χ3v) is 1.81. The quantitative estimate of drug-likeness (QED) is 0.833. The first-order valence-corrected chi connectivity index (χ1v) is 3.96. The van der Waals surface area contributed by atoms with Gasteiger partial charge >= 0.3 is 11.9 Å². The molecule has 0 spiro atoms. The first-order chi connectivity index (χ1) is 7.36. The normalized spacial score (nSPS) is 12.8. The fourth-order valence-electron chi connectivity index (χ4n) is 1.18. The van der Waals surface area contributed by atoms with E-state index in [1.165, 1.54) is 0 Å². The lowest BCUT2D eigenvalue weighted by Crippen LogP contribution is -2.21. The molecule has 0 aliphatic carbocycles. The van der Waals surface area contributed by atoms with E-state index in [1.807, 2.05) is 0 Å². The van der Waals surface area contributed by atoms with Gasteiger partial charge in [0.15, 0.2) is 0 Å². The minimum atomic E-state index is -3.51. The highest BCUT2D eigenvalue weighted by atomic mass is 19.3. The highest BCUT2D eigenvalue weighted by Gasteiger charge is 2.30. The highest BCUT2D eigenvalue weighted by molar-refractivity contribution is 5.91. The number of hydrogen-bond acceptors (Lipinski definition) is 2. The Morgan fingerprint density at radius 2 is 1.44 bits per heavy atom. The maximum Gasteiger partial charge on any atom is 0.352 e. The van der Waals surface area contributed by atoms with Crippen molar-refractivity contribution in [3.8, 4) is 0 Å². The summed E-state index contributed by atoms with van der Waals surface area (Å²) in [5.74, 6) is -3.37. The van der Waals surface area contributed by atoms with Crippen molar-refractivity contribution in [2.75, 3.05) is 0 Å². The molecule has 0 amide bonds. The van der Waals surface area contributed by atoms with Gasteiger partial charge in [0.1, 0.15) is 11.4 Å². The smallest absolute Gasteiger partial charge is 0.352 e. The lowest BCUT2D eigenvalue weighted by Gasteiger charge is -2.13. The van der Waals surface area contributed by atoms with Gasteiger partial charge in [0.25, 0.3) is 6.43 Å². The number of aromatic carboxylic acids is 2. The summed E-state index contributed by atoms with van der Waals surface area (Å²) < 4.78 is 37.2. The Bertz CT molecular complexity index is 397. The van der Waals surface area contributed by atoms with Gasteiger partial charge in [0, 0.05) is 0 Å². The summed E-state index contributed by atoms with van der Waals surface area (Å²) in [4.78, 5) is 21.1. The molecule has 1 atom stereocenters. The molecule has 16 heavy (non-hydrogen) atoms. The number of carbonyl (C=O) groups is 2. The molecule has 0 aliphatic heterocycles. The van der Waals surface area contributed by atoms with Crippen LogP contribution in [0.3, 0.4) is 0 Å². The number of alkyl halides is 3. The van der Waals surface area contributed by atoms with Crippen LogP contribution in [-0.2, 0) is 0 Å². The molecule has 1 unspecified atom stereocenters. The zero-order valence-electron chi connectivity index (χ0n) is 7.60. The Kier molecular flexibility index (Phi) is 3.21. The molecule has 1 heterocycles. The van der Waals surface area contributed by atoms with Crippen LogP contribution in [-0.4, -0.2) is 33.1 Å². The SMILES string of the molecule is O=C(O)c1ccc(C(=O)O)n1C(F)C(F)F. The predicted molar refractivity (Wildman–Crippen MR) is 44.5 cm³/mol. The number of halogens is 3. The molecule has 88 valence electrons. The second-order valence-electron chi connectivity index (χ2n) is 2.79. The maximum atomic E-state index is 13.0. The Morgan fingerprint density at radius 1 is 1.06 bits per heavy atom. The molecular weight excluding hydrogens is 231 g/mol. The van der Waals surface area contributed by atoms with Crippen LogP contribution in [0.2, 0.25) is 0 Å². The Morgan fingerprint density at radius 3 is 1.69 bits per heavy atom. The monoisotopic (exact) mass is 237 g/mol. The molecular formula is C8H6F3NO4. The van der Waals surface area contributed by atoms with E-state index in [9.17, 15) is 22.8 Å². The molecule has 0 aromatic carbocycles. The first kappa shape index (κ1) is 12.1. The standard InChI is InChI=1S/C8H6F3NO4/c9-5(10)6(11)12-3(7(13)14)1-2-4(12)8(15)16/h1-2,5-6H,(H,13,14)(H,15,16). The van der Waals surface area contributed by atoms with Crippen molar-refractivity contribution in [2.45, 2.75) is 12.7 Å². The van der Waals surface area contributed by atoms with Gasteiger partial charge in [-0.2, -0.15) is 0 Å². The van der Waals surface area contributed by atoms with E-state index in [2.05, 4.69) is 0 Å². The van der Waals surface area contributed by atoms with Crippen LogP contribution in [0.15, 0.2) is 12.1 Å². The van der Waals surface area contributed by atoms with Crippen LogP contribution in [0.4, 0.5) is 13.2 Å². The van der Waals surface area contributed by atoms with Crippen LogP contribution < -0.4 is 0 Å². The average molecular weight is 237 g/mol. The summed E-state index contributed by atoms with van der Waals surface area (Å²) in [6, 6.07) is 1.50. The summed E-state index contributed by atoms with van der Waals surface area (Å²) in [6.07, 6.45) is -6.52. The number of nitrogens with zero attached hydrogens (tertiary/aromatic N) is 1. The van der Waals surface area contributed by atoms with Gasteiger partial charge in [-0.3, -0.25) is 4.57 Å². The summed E-state index contributed by atoms with van der Waals surface area (Å²) in [6.45, 7) is 0. The fraction of sp³-hybridized carbons (Fsp3) is 0.250. The van der Waals surface area contributed by atoms with Crippen molar-refractivity contribution in [1.82, 2.24) is 4.57 Å². The third-order valence-electron chi connectivity index (χ3n) is 1.81. The molecule has 0 fully saturated rings. The predicted octanol–water partition coefficient (Wildman–Crippen LogP) is 1.62. The van der Waals surface area contributed by atoms with Crippen molar-refractivity contribution in [2.24, 2.45) is 0 Å². The number of aromatic nitrogens is 1. The van der Waals surface area contributed by atoms with Gasteiger partial charge < -0.3 is 10.2 Å². The minimum absolute atomic E-state index is 0.0602. The summed E-state index contributed by atoms with van der Waals surface area (Å²) in [5, 5.41) is 17.1. The second kappa shape index (κ2) is 4.25. The topological polar surface area (TPSA) is 79.5 Å². The van der Waals surface area contributed by atoms with E-state index >= 15 is 0 Å². The Balaban J connectivity index is 3.35. The van der Waals surface area contributed by atoms with Crippen LogP contribution in [0.1, 0.15) is 27.3 Å². The van der Waals surface area contributed by atoms with E-state index < -0.39 is 36.0 Å². The zero-order chi connectivity index (χ0) is 12.5. The molecule has 0 radical (unpaired) electrons. The van der Waals surface area contributed by atoms with E-state index in [1.54, 1.807) is 0 Å². The second-order valence-corrected chi connectivity index (χ2v) is 2.79. The largest absolute Gasteiger partial charge is 0.477 e. The highest BCUT2D eigenvalue weighted by Crippen LogP contribution is 2.24. The zero-order valence-corrected chi connectivity index (χ0v) is 7.60. The molecule has 0 aliphatic rings. The van der Waals surface area contributed by atoms with Crippen molar-refractivity contribution in [3.05, 3.63) is 23.5 Å². The molecule has 1 aromatic rings. The number of carboxylic acids is 2. The number of hydrogen-bond donors (Lipinski definition) is 2. The van der Waals surface area contributed by atoms with E-state index in [-0.39, 0.29) is 4.57 Å². The van der Waals surface area contributed by atoms with Gasteiger partial charge in [-0.1, -0.05) is 0 Å². The minimum Gasteiger partial charge on any atom is -0.477 e. The summed E-state index contributed by atoms with van der Waals surface area (Å²) in [7, 11) is 0. The number of carboxylic acid groups (broad SMARTS) is 2. The van der Waals surface area contributed by atoms with Crippen molar-refractivity contribution >= 4 is 11.9 Å². The van der Waals surface area contributed by atoms with E-state index in [0.29, 0.717) is 0 Å². The van der Waals surface area contributed by atoms with Crippen LogP contribution in [0.5, 0.6) is 0 Å². The molecule has 1 rings (SSSR count). The van der Waals surface area contributed by atoms with Crippen molar-refractivity contribution < 1.29 is 33.0 Å². The van der Waals surface area contributed by atoms with Gasteiger partial charge in [-0.15, -0.1) is 0 Å². The summed E-state index contributed by atoms with van der Waals surface area (Å²) in [5.41, 5.74) is -1.68. The molecule has 8 heteroatoms. The van der Waals surface area contributed by atoms with Gasteiger partial charge in [0.05, 0.1) is 0 Å². The average Bonchev–Trinajstić information content (AvgIpc) is 2.59. The lowest BCUT2D eigenvalue weighted by atomic mass is 10.4. The number of rotatable bonds is 4. The van der Waals surface area contributed by atoms with Gasteiger partial charge in [-0.25, -0.2) is 22.8 Å². The van der Waals surface area contributed by atoms with Crippen LogP contribution in [0.25, 0.3) is 0 Å². The first-order valence-electron chi connectivity index (χ1n) is 3.96. The Hall–Kier alpha value is -1.99. The lowest BCUT2D eigenvalue weighted by molar-refractivity contribution is 0.00363. The van der Waals surface area contributed by atoms with Gasteiger partial charge in [-0.05, 0) is 12.1 Å². The van der Waals surface area contributed by atoms with Crippen molar-refractivity contribution in [1.29, 1.82) is 0 Å². The van der Waals surface area contributed by atoms with E-state index in [4.69, 9.17) is 10.2 Å². The molecule has 5 nitrogen and oxygen atoms in total. The van der Waals surface area contributed by atoms with Crippen LogP contribution >= 0.6 is 0 Å². The van der Waals surface area contributed by atoms with Crippen molar-refractivity contribution in [3.63, 3.8) is 0 Å². The van der Waals surface area contributed by atoms with E-state index in [0.717, 1.165) is 12.1 Å². The molecule has 0 saturated carbocycles.